The van der Waals surface area contributed by atoms with E-state index in [1.54, 1.807) is 6.07 Å². The maximum Gasteiger partial charge on any atom is 0.138 e. The SMILES string of the molecule is CCOc1cc(C(C)C=O)ccc1Cl. The van der Waals surface area contributed by atoms with E-state index in [2.05, 4.69) is 0 Å². The molecule has 0 fully saturated rings. The Kier molecular flexibility index (Phi) is 3.96. The van der Waals surface area contributed by atoms with Crippen molar-refractivity contribution in [3.05, 3.63) is 28.8 Å². The van der Waals surface area contributed by atoms with Crippen LogP contribution in [-0.4, -0.2) is 12.9 Å². The zero-order valence-electron chi connectivity index (χ0n) is 8.29. The molecule has 0 radical (unpaired) electrons. The van der Waals surface area contributed by atoms with Crippen molar-refractivity contribution < 1.29 is 9.53 Å². The van der Waals surface area contributed by atoms with E-state index in [-0.39, 0.29) is 5.92 Å². The van der Waals surface area contributed by atoms with Crippen molar-refractivity contribution in [3.63, 3.8) is 0 Å². The summed E-state index contributed by atoms with van der Waals surface area (Å²) < 4.78 is 5.32. The molecule has 0 N–H and O–H groups in total. The highest BCUT2D eigenvalue weighted by atomic mass is 35.5. The Hall–Kier alpha value is -1.02. The first-order valence-electron chi connectivity index (χ1n) is 4.56. The second-order valence-electron chi connectivity index (χ2n) is 3.05. The summed E-state index contributed by atoms with van der Waals surface area (Å²) in [5.41, 5.74) is 0.924. The van der Waals surface area contributed by atoms with Gasteiger partial charge in [0.15, 0.2) is 0 Å². The van der Waals surface area contributed by atoms with E-state index in [4.69, 9.17) is 16.3 Å². The fraction of sp³-hybridized carbons (Fsp3) is 0.364. The molecule has 3 heteroatoms. The third kappa shape index (κ3) is 2.48. The molecule has 0 aliphatic rings. The Bertz CT molecular complexity index is 323. The minimum absolute atomic E-state index is 0.119. The van der Waals surface area contributed by atoms with Gasteiger partial charge < -0.3 is 9.53 Å². The van der Waals surface area contributed by atoms with Gasteiger partial charge in [-0.1, -0.05) is 24.6 Å². The van der Waals surface area contributed by atoms with Gasteiger partial charge in [0.2, 0.25) is 0 Å². The lowest BCUT2D eigenvalue weighted by atomic mass is 10.0. The van der Waals surface area contributed by atoms with Gasteiger partial charge in [0.05, 0.1) is 11.6 Å². The van der Waals surface area contributed by atoms with Crippen LogP contribution in [0.5, 0.6) is 5.75 Å². The van der Waals surface area contributed by atoms with Crippen LogP contribution in [0.4, 0.5) is 0 Å². The van der Waals surface area contributed by atoms with E-state index in [0.29, 0.717) is 17.4 Å². The third-order valence-electron chi connectivity index (χ3n) is 1.99. The molecule has 1 atom stereocenters. The summed E-state index contributed by atoms with van der Waals surface area (Å²) in [4.78, 5) is 10.6. The first-order valence-corrected chi connectivity index (χ1v) is 4.94. The zero-order chi connectivity index (χ0) is 10.6. The molecule has 76 valence electrons. The van der Waals surface area contributed by atoms with Crippen molar-refractivity contribution in [1.29, 1.82) is 0 Å². The van der Waals surface area contributed by atoms with Crippen LogP contribution < -0.4 is 4.74 Å². The van der Waals surface area contributed by atoms with Crippen molar-refractivity contribution in [1.82, 2.24) is 0 Å². The number of benzene rings is 1. The van der Waals surface area contributed by atoms with Crippen LogP contribution in [0.25, 0.3) is 0 Å². The predicted octanol–water partition coefficient (Wildman–Crippen LogP) is 3.04. The first-order chi connectivity index (χ1) is 6.69. The summed E-state index contributed by atoms with van der Waals surface area (Å²) in [6, 6.07) is 5.40. The van der Waals surface area contributed by atoms with Gasteiger partial charge in [-0.25, -0.2) is 0 Å². The second-order valence-corrected chi connectivity index (χ2v) is 3.45. The molecule has 0 aromatic heterocycles. The van der Waals surface area contributed by atoms with E-state index in [1.807, 2.05) is 26.0 Å². The van der Waals surface area contributed by atoms with Crippen molar-refractivity contribution in [2.75, 3.05) is 6.61 Å². The molecular formula is C11H13ClO2. The number of ether oxygens (including phenoxy) is 1. The normalized spacial score (nSPS) is 12.2. The monoisotopic (exact) mass is 212 g/mol. The molecule has 1 aromatic carbocycles. The Morgan fingerprint density at radius 1 is 1.57 bits per heavy atom. The van der Waals surface area contributed by atoms with E-state index in [9.17, 15) is 4.79 Å². The van der Waals surface area contributed by atoms with Crippen LogP contribution in [0.3, 0.4) is 0 Å². The Balaban J connectivity index is 2.99. The maximum absolute atomic E-state index is 10.6. The smallest absolute Gasteiger partial charge is 0.138 e. The van der Waals surface area contributed by atoms with Crippen molar-refractivity contribution >= 4 is 17.9 Å². The number of aldehydes is 1. The van der Waals surface area contributed by atoms with Gasteiger partial charge in [-0.15, -0.1) is 0 Å². The summed E-state index contributed by atoms with van der Waals surface area (Å²) in [7, 11) is 0. The highest BCUT2D eigenvalue weighted by Crippen LogP contribution is 2.28. The molecule has 1 unspecified atom stereocenters. The number of hydrogen-bond donors (Lipinski definition) is 0. The number of hydrogen-bond acceptors (Lipinski definition) is 2. The van der Waals surface area contributed by atoms with Gasteiger partial charge in [0.1, 0.15) is 12.0 Å². The standard InChI is InChI=1S/C11H13ClO2/c1-3-14-11-6-9(8(2)7-13)4-5-10(11)12/h4-8H,3H2,1-2H3. The lowest BCUT2D eigenvalue weighted by Gasteiger charge is -2.09. The highest BCUT2D eigenvalue weighted by molar-refractivity contribution is 6.32. The fourth-order valence-electron chi connectivity index (χ4n) is 1.15. The molecule has 0 aliphatic carbocycles. The molecule has 0 saturated heterocycles. The molecule has 0 amide bonds. The van der Waals surface area contributed by atoms with E-state index in [1.165, 1.54) is 0 Å². The third-order valence-corrected chi connectivity index (χ3v) is 2.30. The summed E-state index contributed by atoms with van der Waals surface area (Å²) >= 11 is 5.91. The van der Waals surface area contributed by atoms with Crippen molar-refractivity contribution in [3.8, 4) is 5.75 Å². The number of rotatable bonds is 4. The lowest BCUT2D eigenvalue weighted by Crippen LogP contribution is -1.97. The molecule has 1 aromatic rings. The average molecular weight is 213 g/mol. The van der Waals surface area contributed by atoms with Crippen LogP contribution in [0.1, 0.15) is 25.3 Å². The molecule has 2 nitrogen and oxygen atoms in total. The van der Waals surface area contributed by atoms with Gasteiger partial charge in [-0.2, -0.15) is 0 Å². The lowest BCUT2D eigenvalue weighted by molar-refractivity contribution is -0.108. The van der Waals surface area contributed by atoms with Crippen LogP contribution >= 0.6 is 11.6 Å². The average Bonchev–Trinajstić information content (AvgIpc) is 2.20. The van der Waals surface area contributed by atoms with Gasteiger partial charge in [0.25, 0.3) is 0 Å². The molecule has 0 heterocycles. The summed E-state index contributed by atoms with van der Waals surface area (Å²) in [5.74, 6) is 0.520. The zero-order valence-corrected chi connectivity index (χ0v) is 9.04. The fourth-order valence-corrected chi connectivity index (χ4v) is 1.32. The minimum atomic E-state index is -0.119. The molecule has 0 bridgehead atoms. The minimum Gasteiger partial charge on any atom is -0.492 e. The van der Waals surface area contributed by atoms with Gasteiger partial charge in [-0.05, 0) is 24.6 Å². The molecule has 1 rings (SSSR count). The largest absolute Gasteiger partial charge is 0.492 e. The first kappa shape index (κ1) is 11.1. The highest BCUT2D eigenvalue weighted by Gasteiger charge is 2.07. The molecular weight excluding hydrogens is 200 g/mol. The Morgan fingerprint density at radius 2 is 2.29 bits per heavy atom. The van der Waals surface area contributed by atoms with Crippen molar-refractivity contribution in [2.24, 2.45) is 0 Å². The summed E-state index contributed by atoms with van der Waals surface area (Å²) in [6.45, 7) is 4.30. The van der Waals surface area contributed by atoms with Crippen LogP contribution in [0.2, 0.25) is 5.02 Å². The quantitative estimate of drug-likeness (QED) is 0.718. The Labute approximate surface area is 88.8 Å². The number of halogens is 1. The van der Waals surface area contributed by atoms with E-state index < -0.39 is 0 Å². The molecule has 0 saturated carbocycles. The van der Waals surface area contributed by atoms with Gasteiger partial charge >= 0.3 is 0 Å². The molecule has 0 aliphatic heterocycles. The van der Waals surface area contributed by atoms with E-state index >= 15 is 0 Å². The number of carbonyl (C=O) groups excluding carboxylic acids is 1. The van der Waals surface area contributed by atoms with Crippen LogP contribution in [0.15, 0.2) is 18.2 Å². The predicted molar refractivity (Wildman–Crippen MR) is 57.1 cm³/mol. The van der Waals surface area contributed by atoms with Gasteiger partial charge in [-0.3, -0.25) is 0 Å². The topological polar surface area (TPSA) is 26.3 Å². The number of carbonyl (C=O) groups is 1. The second kappa shape index (κ2) is 5.01. The van der Waals surface area contributed by atoms with Gasteiger partial charge in [0, 0.05) is 5.92 Å². The summed E-state index contributed by atoms with van der Waals surface area (Å²) in [6.07, 6.45) is 0.902. The Morgan fingerprint density at radius 3 is 2.86 bits per heavy atom. The van der Waals surface area contributed by atoms with E-state index in [0.717, 1.165) is 11.8 Å². The van der Waals surface area contributed by atoms with Crippen LogP contribution in [-0.2, 0) is 4.79 Å². The maximum atomic E-state index is 10.6. The molecule has 0 spiro atoms. The summed E-state index contributed by atoms with van der Waals surface area (Å²) in [5, 5.41) is 0.577. The molecule has 14 heavy (non-hydrogen) atoms. The van der Waals surface area contributed by atoms with Crippen LogP contribution in [0, 0.1) is 0 Å². The van der Waals surface area contributed by atoms with Crippen molar-refractivity contribution in [2.45, 2.75) is 19.8 Å².